The van der Waals surface area contributed by atoms with Gasteiger partial charge < -0.3 is 5.32 Å². The number of carbonyl (C=O) groups excluding carboxylic acids is 1. The van der Waals surface area contributed by atoms with Crippen molar-refractivity contribution in [2.24, 2.45) is 5.92 Å². The molecule has 1 aromatic carbocycles. The molecule has 0 fully saturated rings. The summed E-state index contributed by atoms with van der Waals surface area (Å²) in [7, 11) is 0. The van der Waals surface area contributed by atoms with E-state index in [1.807, 2.05) is 44.2 Å². The van der Waals surface area contributed by atoms with E-state index < -0.39 is 5.25 Å². The first kappa shape index (κ1) is 19.8. The third-order valence-corrected chi connectivity index (χ3v) is 5.82. The predicted molar refractivity (Wildman–Crippen MR) is 111 cm³/mol. The van der Waals surface area contributed by atoms with Crippen LogP contribution < -0.4 is 5.32 Å². The standard InChI is InChI=1S/C21H21N5OS/c1-12(2)19(28-21-16(11-22)13(3)24-14(4)25-21)20(27)26-18-9-5-8-17-15(18)7-6-10-23-17/h5-10,12,19H,1-4H3,(H,26,27). The summed E-state index contributed by atoms with van der Waals surface area (Å²) in [6, 6.07) is 11.6. The van der Waals surface area contributed by atoms with Crippen LogP contribution in [0.1, 0.15) is 30.9 Å². The molecular formula is C21H21N5OS. The number of hydrogen-bond donors (Lipinski definition) is 1. The van der Waals surface area contributed by atoms with Crippen molar-refractivity contribution >= 4 is 34.3 Å². The summed E-state index contributed by atoms with van der Waals surface area (Å²) >= 11 is 1.31. The summed E-state index contributed by atoms with van der Waals surface area (Å²) < 4.78 is 0. The van der Waals surface area contributed by atoms with Crippen LogP contribution in [-0.2, 0) is 4.79 Å². The quantitative estimate of drug-likeness (QED) is 0.516. The Morgan fingerprint density at radius 3 is 2.68 bits per heavy atom. The number of pyridine rings is 1. The maximum absolute atomic E-state index is 13.1. The molecule has 2 aromatic heterocycles. The van der Waals surface area contributed by atoms with Gasteiger partial charge in [-0.25, -0.2) is 9.97 Å². The highest BCUT2D eigenvalue weighted by atomic mass is 32.2. The molecule has 1 unspecified atom stereocenters. The van der Waals surface area contributed by atoms with Crippen molar-refractivity contribution < 1.29 is 4.79 Å². The van der Waals surface area contributed by atoms with E-state index in [9.17, 15) is 10.1 Å². The van der Waals surface area contributed by atoms with Crippen LogP contribution in [0.5, 0.6) is 0 Å². The second-order valence-electron chi connectivity index (χ2n) is 6.80. The Labute approximate surface area is 168 Å². The van der Waals surface area contributed by atoms with Crippen LogP contribution in [0.25, 0.3) is 10.9 Å². The molecule has 0 spiro atoms. The molecule has 7 heteroatoms. The number of aryl methyl sites for hydroxylation is 2. The Morgan fingerprint density at radius 2 is 1.96 bits per heavy atom. The number of nitrogens with one attached hydrogen (secondary N) is 1. The fraction of sp³-hybridized carbons (Fsp3) is 0.286. The Balaban J connectivity index is 1.91. The molecule has 0 radical (unpaired) electrons. The minimum atomic E-state index is -0.410. The summed E-state index contributed by atoms with van der Waals surface area (Å²) in [5.41, 5.74) is 2.59. The van der Waals surface area contributed by atoms with Gasteiger partial charge in [0.1, 0.15) is 22.5 Å². The van der Waals surface area contributed by atoms with Crippen molar-refractivity contribution in [3.8, 4) is 6.07 Å². The molecule has 1 atom stereocenters. The topological polar surface area (TPSA) is 91.6 Å². The van der Waals surface area contributed by atoms with Crippen LogP contribution >= 0.6 is 11.8 Å². The van der Waals surface area contributed by atoms with Gasteiger partial charge in [0.2, 0.25) is 5.91 Å². The third kappa shape index (κ3) is 4.12. The van der Waals surface area contributed by atoms with E-state index in [1.54, 1.807) is 20.0 Å². The maximum atomic E-state index is 13.1. The average molecular weight is 392 g/mol. The molecule has 0 aliphatic heterocycles. The van der Waals surface area contributed by atoms with E-state index >= 15 is 0 Å². The lowest BCUT2D eigenvalue weighted by molar-refractivity contribution is -0.116. The summed E-state index contributed by atoms with van der Waals surface area (Å²) in [6.45, 7) is 7.53. The number of amides is 1. The minimum absolute atomic E-state index is 0.0419. The Morgan fingerprint density at radius 1 is 1.18 bits per heavy atom. The highest BCUT2D eigenvalue weighted by Gasteiger charge is 2.26. The molecule has 0 aliphatic rings. The number of fused-ring (bicyclic) bond motifs is 1. The van der Waals surface area contributed by atoms with Crippen molar-refractivity contribution in [2.75, 3.05) is 5.32 Å². The number of hydrogen-bond acceptors (Lipinski definition) is 6. The van der Waals surface area contributed by atoms with Crippen molar-refractivity contribution in [3.63, 3.8) is 0 Å². The Hall–Kier alpha value is -2.98. The Kier molecular flexibility index (Phi) is 5.90. The molecule has 1 N–H and O–H groups in total. The third-order valence-electron chi connectivity index (χ3n) is 4.29. The number of benzene rings is 1. The smallest absolute Gasteiger partial charge is 0.238 e. The lowest BCUT2D eigenvalue weighted by atomic mass is 10.1. The number of aromatic nitrogens is 3. The zero-order chi connectivity index (χ0) is 20.3. The zero-order valence-corrected chi connectivity index (χ0v) is 17.0. The van der Waals surface area contributed by atoms with Gasteiger partial charge in [-0.05, 0) is 44.0 Å². The van der Waals surface area contributed by atoms with Crippen molar-refractivity contribution in [1.29, 1.82) is 5.26 Å². The molecule has 6 nitrogen and oxygen atoms in total. The van der Waals surface area contributed by atoms with Crippen molar-refractivity contribution in [2.45, 2.75) is 38.0 Å². The minimum Gasteiger partial charge on any atom is -0.324 e. The molecule has 142 valence electrons. The van der Waals surface area contributed by atoms with Crippen LogP contribution in [-0.4, -0.2) is 26.1 Å². The molecule has 0 bridgehead atoms. The van der Waals surface area contributed by atoms with Gasteiger partial charge in [0.05, 0.1) is 22.1 Å². The molecule has 28 heavy (non-hydrogen) atoms. The molecule has 1 amide bonds. The van der Waals surface area contributed by atoms with Gasteiger partial charge in [-0.15, -0.1) is 0 Å². The first-order valence-electron chi connectivity index (χ1n) is 8.97. The molecule has 3 rings (SSSR count). The van der Waals surface area contributed by atoms with E-state index in [-0.39, 0.29) is 11.8 Å². The molecule has 2 heterocycles. The second-order valence-corrected chi connectivity index (χ2v) is 7.93. The highest BCUT2D eigenvalue weighted by molar-refractivity contribution is 8.00. The highest BCUT2D eigenvalue weighted by Crippen LogP contribution is 2.32. The van der Waals surface area contributed by atoms with Gasteiger partial charge in [0.25, 0.3) is 0 Å². The molecule has 0 saturated carbocycles. The van der Waals surface area contributed by atoms with E-state index in [0.717, 1.165) is 16.6 Å². The predicted octanol–water partition coefficient (Wildman–Crippen LogP) is 4.27. The lowest BCUT2D eigenvalue weighted by Gasteiger charge is -2.20. The van der Waals surface area contributed by atoms with Crippen LogP contribution in [0.3, 0.4) is 0 Å². The van der Waals surface area contributed by atoms with E-state index in [0.29, 0.717) is 22.1 Å². The normalized spacial score (nSPS) is 12.0. The van der Waals surface area contributed by atoms with Crippen LogP contribution in [0.15, 0.2) is 41.6 Å². The number of rotatable bonds is 5. The lowest BCUT2D eigenvalue weighted by Crippen LogP contribution is -2.30. The second kappa shape index (κ2) is 8.36. The van der Waals surface area contributed by atoms with E-state index in [1.165, 1.54) is 11.8 Å². The summed E-state index contributed by atoms with van der Waals surface area (Å²) in [5, 5.41) is 13.5. The molecular weight excluding hydrogens is 370 g/mol. The SMILES string of the molecule is Cc1nc(C)c(C#N)c(SC(C(=O)Nc2cccc3ncccc23)C(C)C)n1. The van der Waals surface area contributed by atoms with E-state index in [4.69, 9.17) is 0 Å². The van der Waals surface area contributed by atoms with Gasteiger partial charge in [0, 0.05) is 11.6 Å². The fourth-order valence-electron chi connectivity index (χ4n) is 2.92. The van der Waals surface area contributed by atoms with Crippen LogP contribution in [0, 0.1) is 31.1 Å². The number of nitriles is 1. The summed E-state index contributed by atoms with van der Waals surface area (Å²) in [4.78, 5) is 26.1. The summed E-state index contributed by atoms with van der Waals surface area (Å²) in [5.74, 6) is 0.497. The van der Waals surface area contributed by atoms with Gasteiger partial charge >= 0.3 is 0 Å². The summed E-state index contributed by atoms with van der Waals surface area (Å²) in [6.07, 6.45) is 1.73. The molecule has 0 aliphatic carbocycles. The molecule has 0 saturated heterocycles. The van der Waals surface area contributed by atoms with Crippen LogP contribution in [0.4, 0.5) is 5.69 Å². The van der Waals surface area contributed by atoms with Gasteiger partial charge in [-0.3, -0.25) is 9.78 Å². The average Bonchev–Trinajstić information content (AvgIpc) is 2.65. The number of nitrogens with zero attached hydrogens (tertiary/aromatic N) is 4. The van der Waals surface area contributed by atoms with Gasteiger partial charge in [0.15, 0.2) is 0 Å². The number of anilines is 1. The van der Waals surface area contributed by atoms with Crippen molar-refractivity contribution in [3.05, 3.63) is 53.6 Å². The van der Waals surface area contributed by atoms with Crippen molar-refractivity contribution in [1.82, 2.24) is 15.0 Å². The zero-order valence-electron chi connectivity index (χ0n) is 16.2. The number of thioether (sulfide) groups is 1. The van der Waals surface area contributed by atoms with E-state index in [2.05, 4.69) is 26.3 Å². The number of carbonyl (C=O) groups is 1. The van der Waals surface area contributed by atoms with Gasteiger partial charge in [-0.2, -0.15) is 5.26 Å². The molecule has 3 aromatic rings. The van der Waals surface area contributed by atoms with Crippen LogP contribution in [0.2, 0.25) is 0 Å². The fourth-order valence-corrected chi connectivity index (χ4v) is 4.10. The first-order chi connectivity index (χ1) is 13.4. The van der Waals surface area contributed by atoms with Gasteiger partial charge in [-0.1, -0.05) is 31.7 Å². The monoisotopic (exact) mass is 391 g/mol. The Bertz CT molecular complexity index is 1070. The first-order valence-corrected chi connectivity index (χ1v) is 9.85. The largest absolute Gasteiger partial charge is 0.324 e. The maximum Gasteiger partial charge on any atom is 0.238 e.